The molecule has 4 nitrogen and oxygen atoms in total. The summed E-state index contributed by atoms with van der Waals surface area (Å²) >= 11 is 0. The lowest BCUT2D eigenvalue weighted by molar-refractivity contribution is 0.101. The van der Waals surface area contributed by atoms with Gasteiger partial charge in [-0.25, -0.2) is 17.2 Å². The van der Waals surface area contributed by atoms with Crippen LogP contribution in [0.4, 0.5) is 14.5 Å². The third-order valence-electron chi connectivity index (χ3n) is 2.69. The Morgan fingerprint density at radius 1 is 1.00 bits per heavy atom. The van der Waals surface area contributed by atoms with Crippen molar-refractivity contribution in [3.05, 3.63) is 59.7 Å². The first-order valence-electron chi connectivity index (χ1n) is 5.88. The SMILES string of the molecule is CC(=O)c1ccc(NS(=O)(=O)c2cc(F)cc(F)c2)cc1. The quantitative estimate of drug-likeness (QED) is 0.883. The summed E-state index contributed by atoms with van der Waals surface area (Å²) in [5.74, 6) is -2.12. The fraction of sp³-hybridized carbons (Fsp3) is 0.0714. The van der Waals surface area contributed by atoms with Gasteiger partial charge in [-0.15, -0.1) is 0 Å². The zero-order valence-corrected chi connectivity index (χ0v) is 11.7. The van der Waals surface area contributed by atoms with Crippen LogP contribution in [0.2, 0.25) is 0 Å². The van der Waals surface area contributed by atoms with Crippen molar-refractivity contribution in [2.45, 2.75) is 11.8 Å². The van der Waals surface area contributed by atoms with Crippen LogP contribution in [0.5, 0.6) is 0 Å². The molecule has 0 saturated heterocycles. The van der Waals surface area contributed by atoms with Gasteiger partial charge in [-0.1, -0.05) is 0 Å². The van der Waals surface area contributed by atoms with Gasteiger partial charge < -0.3 is 0 Å². The van der Waals surface area contributed by atoms with Gasteiger partial charge in [-0.2, -0.15) is 0 Å². The number of carbonyl (C=O) groups excluding carboxylic acids is 1. The Labute approximate surface area is 120 Å². The third kappa shape index (κ3) is 3.63. The van der Waals surface area contributed by atoms with Crippen LogP contribution in [0.3, 0.4) is 0 Å². The highest BCUT2D eigenvalue weighted by Gasteiger charge is 2.16. The average Bonchev–Trinajstić information content (AvgIpc) is 2.37. The second-order valence-corrected chi connectivity index (χ2v) is 6.03. The first kappa shape index (κ1) is 15.1. The van der Waals surface area contributed by atoms with Crippen molar-refractivity contribution in [2.75, 3.05) is 4.72 Å². The van der Waals surface area contributed by atoms with Crippen LogP contribution in [0.25, 0.3) is 0 Å². The van der Waals surface area contributed by atoms with Crippen molar-refractivity contribution >= 4 is 21.5 Å². The topological polar surface area (TPSA) is 63.2 Å². The molecule has 21 heavy (non-hydrogen) atoms. The van der Waals surface area contributed by atoms with E-state index < -0.39 is 26.6 Å². The van der Waals surface area contributed by atoms with E-state index in [-0.39, 0.29) is 11.5 Å². The first-order chi connectivity index (χ1) is 9.78. The molecule has 7 heteroatoms. The second kappa shape index (κ2) is 5.61. The van der Waals surface area contributed by atoms with E-state index in [0.29, 0.717) is 11.6 Å². The van der Waals surface area contributed by atoms with Crippen molar-refractivity contribution in [1.29, 1.82) is 0 Å². The molecule has 2 aromatic carbocycles. The zero-order chi connectivity index (χ0) is 15.6. The largest absolute Gasteiger partial charge is 0.295 e. The number of sulfonamides is 1. The van der Waals surface area contributed by atoms with E-state index in [2.05, 4.69) is 4.72 Å². The lowest BCUT2D eigenvalue weighted by atomic mass is 10.1. The third-order valence-corrected chi connectivity index (χ3v) is 4.05. The molecule has 2 rings (SSSR count). The number of carbonyl (C=O) groups is 1. The lowest BCUT2D eigenvalue weighted by Gasteiger charge is -2.08. The number of hydrogen-bond acceptors (Lipinski definition) is 3. The van der Waals surface area contributed by atoms with E-state index in [0.717, 1.165) is 12.1 Å². The summed E-state index contributed by atoms with van der Waals surface area (Å²) in [4.78, 5) is 10.6. The molecule has 0 aromatic heterocycles. The average molecular weight is 311 g/mol. The molecule has 0 unspecified atom stereocenters. The number of ketones is 1. The standard InChI is InChI=1S/C14H11F2NO3S/c1-9(18)10-2-4-13(5-3-10)17-21(19,20)14-7-11(15)6-12(16)8-14/h2-8,17H,1H3. The summed E-state index contributed by atoms with van der Waals surface area (Å²) < 4.78 is 52.3. The van der Waals surface area contributed by atoms with Gasteiger partial charge in [0.15, 0.2) is 5.78 Å². The molecule has 0 heterocycles. The van der Waals surface area contributed by atoms with Gasteiger partial charge in [0.2, 0.25) is 0 Å². The number of nitrogens with one attached hydrogen (secondary N) is 1. The van der Waals surface area contributed by atoms with Crippen molar-refractivity contribution in [1.82, 2.24) is 0 Å². The predicted octanol–water partition coefficient (Wildman–Crippen LogP) is 2.97. The molecule has 0 atom stereocenters. The van der Waals surface area contributed by atoms with Crippen LogP contribution in [-0.2, 0) is 10.0 Å². The number of benzene rings is 2. The Kier molecular flexibility index (Phi) is 4.04. The Balaban J connectivity index is 2.30. The van der Waals surface area contributed by atoms with Crippen LogP contribution in [0.1, 0.15) is 17.3 Å². The molecule has 0 aliphatic heterocycles. The highest BCUT2D eigenvalue weighted by Crippen LogP contribution is 2.18. The van der Waals surface area contributed by atoms with E-state index in [1.807, 2.05) is 0 Å². The van der Waals surface area contributed by atoms with Gasteiger partial charge in [-0.3, -0.25) is 9.52 Å². The highest BCUT2D eigenvalue weighted by molar-refractivity contribution is 7.92. The molecule has 0 amide bonds. The summed E-state index contributed by atoms with van der Waals surface area (Å²) in [6.45, 7) is 1.38. The van der Waals surface area contributed by atoms with E-state index >= 15 is 0 Å². The highest BCUT2D eigenvalue weighted by atomic mass is 32.2. The van der Waals surface area contributed by atoms with Crippen molar-refractivity contribution < 1.29 is 22.0 Å². The van der Waals surface area contributed by atoms with Crippen LogP contribution in [-0.4, -0.2) is 14.2 Å². The summed E-state index contributed by atoms with van der Waals surface area (Å²) in [7, 11) is -4.11. The zero-order valence-electron chi connectivity index (χ0n) is 10.9. The van der Waals surface area contributed by atoms with Crippen LogP contribution in [0.15, 0.2) is 47.4 Å². The maximum Gasteiger partial charge on any atom is 0.262 e. The summed E-state index contributed by atoms with van der Waals surface area (Å²) in [6.07, 6.45) is 0. The molecular weight excluding hydrogens is 300 g/mol. The Bertz CT molecular complexity index is 766. The minimum Gasteiger partial charge on any atom is -0.295 e. The Morgan fingerprint density at radius 3 is 2.00 bits per heavy atom. The van der Waals surface area contributed by atoms with E-state index in [4.69, 9.17) is 0 Å². The number of Topliss-reactive ketones (excluding diaryl/α,β-unsaturated/α-hetero) is 1. The molecule has 0 aliphatic carbocycles. The van der Waals surface area contributed by atoms with Gasteiger partial charge in [0.05, 0.1) is 4.90 Å². The maximum absolute atomic E-state index is 13.1. The molecule has 0 radical (unpaired) electrons. The van der Waals surface area contributed by atoms with Gasteiger partial charge >= 0.3 is 0 Å². The van der Waals surface area contributed by atoms with Gasteiger partial charge in [0.25, 0.3) is 10.0 Å². The molecule has 0 spiro atoms. The van der Waals surface area contributed by atoms with E-state index in [1.165, 1.54) is 31.2 Å². The summed E-state index contributed by atoms with van der Waals surface area (Å²) in [5, 5.41) is 0. The summed E-state index contributed by atoms with van der Waals surface area (Å²) in [5.41, 5.74) is 0.611. The van der Waals surface area contributed by atoms with E-state index in [9.17, 15) is 22.0 Å². The lowest BCUT2D eigenvalue weighted by Crippen LogP contribution is -2.13. The molecule has 0 aliphatic rings. The fourth-order valence-electron chi connectivity index (χ4n) is 1.67. The normalized spacial score (nSPS) is 11.2. The molecular formula is C14H11F2NO3S. The number of anilines is 1. The van der Waals surface area contributed by atoms with Crippen molar-refractivity contribution in [2.24, 2.45) is 0 Å². The Hall–Kier alpha value is -2.28. The predicted molar refractivity (Wildman–Crippen MR) is 73.6 cm³/mol. The second-order valence-electron chi connectivity index (χ2n) is 4.34. The van der Waals surface area contributed by atoms with Gasteiger partial charge in [-0.05, 0) is 43.3 Å². The summed E-state index contributed by atoms with van der Waals surface area (Å²) in [6, 6.07) is 7.71. The van der Waals surface area contributed by atoms with Crippen LogP contribution in [0, 0.1) is 11.6 Å². The first-order valence-corrected chi connectivity index (χ1v) is 7.36. The molecule has 0 saturated carbocycles. The monoisotopic (exact) mass is 311 g/mol. The molecule has 0 bridgehead atoms. The van der Waals surface area contributed by atoms with Crippen LogP contribution < -0.4 is 4.72 Å². The number of rotatable bonds is 4. The molecule has 1 N–H and O–H groups in total. The minimum absolute atomic E-state index is 0.156. The molecule has 0 fully saturated rings. The molecule has 110 valence electrons. The van der Waals surface area contributed by atoms with Gasteiger partial charge in [0, 0.05) is 17.3 Å². The number of halogens is 2. The molecule has 2 aromatic rings. The number of hydrogen-bond donors (Lipinski definition) is 1. The van der Waals surface area contributed by atoms with Crippen molar-refractivity contribution in [3.8, 4) is 0 Å². The smallest absolute Gasteiger partial charge is 0.262 e. The minimum atomic E-state index is -4.11. The maximum atomic E-state index is 13.1. The van der Waals surface area contributed by atoms with Gasteiger partial charge in [0.1, 0.15) is 11.6 Å². The fourth-order valence-corrected chi connectivity index (χ4v) is 2.77. The Morgan fingerprint density at radius 2 is 1.52 bits per heavy atom. The van der Waals surface area contributed by atoms with Crippen molar-refractivity contribution in [3.63, 3.8) is 0 Å². The van der Waals surface area contributed by atoms with Crippen LogP contribution >= 0.6 is 0 Å². The van der Waals surface area contributed by atoms with E-state index in [1.54, 1.807) is 0 Å².